The number of carbonyl (C=O) groups excluding carboxylic acids is 2. The summed E-state index contributed by atoms with van der Waals surface area (Å²) in [4.78, 5) is 41.8. The van der Waals surface area contributed by atoms with Crippen LogP contribution in [0.25, 0.3) is 11.1 Å². The first-order valence-corrected chi connectivity index (χ1v) is 14.3. The Morgan fingerprint density at radius 2 is 1.78 bits per heavy atom. The van der Waals surface area contributed by atoms with Gasteiger partial charge in [0.2, 0.25) is 0 Å². The van der Waals surface area contributed by atoms with Crippen LogP contribution in [0.2, 0.25) is 0 Å². The number of nitrogens with zero attached hydrogens (tertiary/aromatic N) is 2. The molecular formula is C32H43FN2O6. The molecule has 3 rings (SSSR count). The Morgan fingerprint density at radius 1 is 1.07 bits per heavy atom. The summed E-state index contributed by atoms with van der Waals surface area (Å²) in [5, 5.41) is 9.46. The number of benzene rings is 2. The maximum atomic E-state index is 15.0. The van der Waals surface area contributed by atoms with Crippen molar-refractivity contribution >= 4 is 18.0 Å². The lowest BCUT2D eigenvalue weighted by atomic mass is 9.92. The number of amides is 2. The fraction of sp³-hybridized carbons (Fsp3) is 0.531. The third-order valence-electron chi connectivity index (χ3n) is 7.13. The molecule has 2 aromatic carbocycles. The predicted molar refractivity (Wildman–Crippen MR) is 156 cm³/mol. The average Bonchev–Trinajstić information content (AvgIpc) is 2.90. The highest BCUT2D eigenvalue weighted by Gasteiger charge is 2.34. The number of methoxy groups -OCH3 is 1. The van der Waals surface area contributed by atoms with Crippen LogP contribution in [-0.4, -0.2) is 77.4 Å². The van der Waals surface area contributed by atoms with Crippen molar-refractivity contribution in [3.63, 3.8) is 0 Å². The molecule has 0 unspecified atom stereocenters. The molecule has 0 aromatic heterocycles. The van der Waals surface area contributed by atoms with Gasteiger partial charge in [-0.05, 0) is 108 Å². The Labute approximate surface area is 242 Å². The summed E-state index contributed by atoms with van der Waals surface area (Å²) >= 11 is 0. The van der Waals surface area contributed by atoms with Crippen LogP contribution >= 0.6 is 0 Å². The quantitative estimate of drug-likeness (QED) is 0.332. The smallest absolute Gasteiger partial charge is 0.410 e. The van der Waals surface area contributed by atoms with Crippen LogP contribution in [0.4, 0.5) is 9.18 Å². The molecule has 224 valence electrons. The fourth-order valence-corrected chi connectivity index (χ4v) is 5.27. The topological polar surface area (TPSA) is 96.4 Å². The van der Waals surface area contributed by atoms with E-state index in [1.807, 2.05) is 39.5 Å². The molecule has 1 aliphatic heterocycles. The van der Waals surface area contributed by atoms with Crippen LogP contribution < -0.4 is 0 Å². The van der Waals surface area contributed by atoms with Crippen LogP contribution in [0.15, 0.2) is 36.4 Å². The maximum Gasteiger partial charge on any atom is 0.410 e. The summed E-state index contributed by atoms with van der Waals surface area (Å²) in [6.07, 6.45) is 3.23. The van der Waals surface area contributed by atoms with Crippen molar-refractivity contribution < 1.29 is 33.4 Å². The Balaban J connectivity index is 1.95. The van der Waals surface area contributed by atoms with Gasteiger partial charge in [-0.25, -0.2) is 14.0 Å². The van der Waals surface area contributed by atoms with Crippen LogP contribution in [0.3, 0.4) is 0 Å². The minimum atomic E-state index is -1.14. The van der Waals surface area contributed by atoms with Gasteiger partial charge in [0.05, 0.1) is 11.6 Å². The summed E-state index contributed by atoms with van der Waals surface area (Å²) in [6, 6.07) is 8.60. The third kappa shape index (κ3) is 8.52. The molecule has 0 radical (unpaired) electrons. The lowest BCUT2D eigenvalue weighted by molar-refractivity contribution is 0.00752. The molecule has 9 heteroatoms. The summed E-state index contributed by atoms with van der Waals surface area (Å²) in [5.74, 6) is -1.83. The van der Waals surface area contributed by atoms with E-state index in [0.717, 1.165) is 37.3 Å². The maximum absolute atomic E-state index is 15.0. The van der Waals surface area contributed by atoms with E-state index in [2.05, 4.69) is 0 Å². The first-order chi connectivity index (χ1) is 19.3. The molecule has 1 atom stereocenters. The zero-order valence-corrected chi connectivity index (χ0v) is 25.0. The van der Waals surface area contributed by atoms with Gasteiger partial charge in [-0.15, -0.1) is 0 Å². The lowest BCUT2D eigenvalue weighted by Crippen LogP contribution is -2.54. The van der Waals surface area contributed by atoms with Gasteiger partial charge < -0.3 is 24.4 Å². The van der Waals surface area contributed by atoms with Gasteiger partial charge in [0, 0.05) is 44.0 Å². The second-order valence-corrected chi connectivity index (χ2v) is 11.9. The molecule has 0 saturated carbocycles. The van der Waals surface area contributed by atoms with E-state index in [1.165, 1.54) is 12.1 Å². The van der Waals surface area contributed by atoms with E-state index < -0.39 is 17.4 Å². The van der Waals surface area contributed by atoms with Gasteiger partial charge in [-0.3, -0.25) is 4.79 Å². The molecule has 1 aliphatic rings. The number of likely N-dealkylation sites (tertiary alicyclic amines) is 1. The van der Waals surface area contributed by atoms with E-state index in [4.69, 9.17) is 9.47 Å². The number of carboxylic acid groups (broad SMARTS) is 1. The fourth-order valence-electron chi connectivity index (χ4n) is 5.27. The second kappa shape index (κ2) is 13.9. The number of hydrogen-bond donors (Lipinski definition) is 1. The molecule has 2 aromatic rings. The number of piperidine rings is 1. The Kier molecular flexibility index (Phi) is 10.9. The van der Waals surface area contributed by atoms with Crippen molar-refractivity contribution in [3.05, 3.63) is 58.9 Å². The SMILES string of the molecule is COCCCCc1cc(C(=O)N(C(C)C)[C@@H]2CCCN(C(=O)OC(C)(C)C)C2)ccc1-c1cc(C(=O)O)ccc1F. The number of aromatic carboxylic acids is 1. The Bertz CT molecular complexity index is 1240. The molecular weight excluding hydrogens is 527 g/mol. The van der Waals surface area contributed by atoms with Crippen LogP contribution in [0.5, 0.6) is 0 Å². The Hall–Kier alpha value is -3.46. The number of unbranched alkanes of at least 4 members (excludes halogenated alkanes) is 1. The second-order valence-electron chi connectivity index (χ2n) is 11.9. The zero-order valence-electron chi connectivity index (χ0n) is 25.0. The van der Waals surface area contributed by atoms with Crippen molar-refractivity contribution in [2.45, 2.75) is 84.4 Å². The van der Waals surface area contributed by atoms with Gasteiger partial charge in [-0.1, -0.05) is 6.07 Å². The van der Waals surface area contributed by atoms with E-state index in [-0.39, 0.29) is 35.2 Å². The highest BCUT2D eigenvalue weighted by molar-refractivity contribution is 5.96. The Morgan fingerprint density at radius 3 is 2.41 bits per heavy atom. The van der Waals surface area contributed by atoms with Gasteiger partial charge in [0.25, 0.3) is 5.91 Å². The minimum Gasteiger partial charge on any atom is -0.478 e. The van der Waals surface area contributed by atoms with Gasteiger partial charge in [0.15, 0.2) is 0 Å². The molecule has 1 N–H and O–H groups in total. The number of ether oxygens (including phenoxy) is 2. The lowest BCUT2D eigenvalue weighted by Gasteiger charge is -2.41. The van der Waals surface area contributed by atoms with Gasteiger partial charge >= 0.3 is 12.1 Å². The third-order valence-corrected chi connectivity index (χ3v) is 7.13. The van der Waals surface area contributed by atoms with Crippen molar-refractivity contribution in [2.75, 3.05) is 26.8 Å². The monoisotopic (exact) mass is 570 g/mol. The molecule has 0 spiro atoms. The van der Waals surface area contributed by atoms with Gasteiger partial charge in [-0.2, -0.15) is 0 Å². The molecule has 1 fully saturated rings. The number of hydrogen-bond acceptors (Lipinski definition) is 5. The van der Waals surface area contributed by atoms with E-state index >= 15 is 0 Å². The molecule has 1 saturated heterocycles. The van der Waals surface area contributed by atoms with E-state index in [1.54, 1.807) is 30.2 Å². The van der Waals surface area contributed by atoms with Crippen LogP contribution in [0, 0.1) is 5.82 Å². The van der Waals surface area contributed by atoms with Crippen molar-refractivity contribution in [1.82, 2.24) is 9.80 Å². The highest BCUT2D eigenvalue weighted by Crippen LogP contribution is 2.31. The van der Waals surface area contributed by atoms with Crippen molar-refractivity contribution in [2.24, 2.45) is 0 Å². The minimum absolute atomic E-state index is 0.00953. The molecule has 0 aliphatic carbocycles. The summed E-state index contributed by atoms with van der Waals surface area (Å²) < 4.78 is 25.7. The normalized spacial score (nSPS) is 15.6. The van der Waals surface area contributed by atoms with Crippen LogP contribution in [-0.2, 0) is 15.9 Å². The average molecular weight is 571 g/mol. The number of rotatable bonds is 10. The number of halogens is 1. The number of carbonyl (C=O) groups is 3. The highest BCUT2D eigenvalue weighted by atomic mass is 19.1. The summed E-state index contributed by atoms with van der Waals surface area (Å²) in [5.41, 5.74) is 1.35. The predicted octanol–water partition coefficient (Wildman–Crippen LogP) is 6.41. The summed E-state index contributed by atoms with van der Waals surface area (Å²) in [7, 11) is 1.63. The zero-order chi connectivity index (χ0) is 30.3. The van der Waals surface area contributed by atoms with E-state index in [0.29, 0.717) is 37.2 Å². The first-order valence-electron chi connectivity index (χ1n) is 14.3. The first kappa shape index (κ1) is 32.1. The summed E-state index contributed by atoms with van der Waals surface area (Å²) in [6.45, 7) is 10.9. The largest absolute Gasteiger partial charge is 0.478 e. The van der Waals surface area contributed by atoms with Crippen molar-refractivity contribution in [3.8, 4) is 11.1 Å². The molecule has 8 nitrogen and oxygen atoms in total. The van der Waals surface area contributed by atoms with Crippen molar-refractivity contribution in [1.29, 1.82) is 0 Å². The van der Waals surface area contributed by atoms with Crippen LogP contribution in [0.1, 0.15) is 86.6 Å². The molecule has 41 heavy (non-hydrogen) atoms. The number of carboxylic acids is 1. The van der Waals surface area contributed by atoms with Gasteiger partial charge in [0.1, 0.15) is 11.4 Å². The standard InChI is InChI=1S/C32H43FN2O6/c1-21(2)35(25-11-9-16-34(20-25)31(39)41-32(3,4)5)29(36)23-12-14-26(22(18-23)10-7-8-17-40-6)27-19-24(30(37)38)13-15-28(27)33/h12-15,18-19,21,25H,7-11,16-17,20H2,1-6H3,(H,37,38)/t25-/m1/s1. The molecule has 1 heterocycles. The molecule has 0 bridgehead atoms. The van der Waals surface area contributed by atoms with E-state index in [9.17, 15) is 23.9 Å². The number of aryl methyl sites for hydroxylation is 1. The molecule has 2 amide bonds.